The molecule has 0 radical (unpaired) electrons. The molecule has 2 amide bonds. The van der Waals surface area contributed by atoms with Crippen molar-refractivity contribution >= 4 is 12.0 Å². The number of hydrogen-bond donors (Lipinski definition) is 2. The van der Waals surface area contributed by atoms with Gasteiger partial charge in [-0.3, -0.25) is 4.79 Å². The number of methoxy groups -OCH3 is 1. The third-order valence-corrected chi connectivity index (χ3v) is 4.90. The van der Waals surface area contributed by atoms with E-state index in [1.54, 1.807) is 19.2 Å². The van der Waals surface area contributed by atoms with E-state index < -0.39 is 48.5 Å². The van der Waals surface area contributed by atoms with Crippen molar-refractivity contribution in [3.63, 3.8) is 0 Å². The van der Waals surface area contributed by atoms with Gasteiger partial charge in [0, 0.05) is 25.0 Å². The Morgan fingerprint density at radius 2 is 1.81 bits per heavy atom. The third kappa shape index (κ3) is 4.84. The molecular formula is C18H23F3N2O4. The van der Waals surface area contributed by atoms with Crippen LogP contribution in [-0.4, -0.2) is 54.9 Å². The smallest absolute Gasteiger partial charge is 0.394 e. The Bertz CT molecular complexity index is 689. The van der Waals surface area contributed by atoms with Gasteiger partial charge in [-0.15, -0.1) is 0 Å². The van der Waals surface area contributed by atoms with Gasteiger partial charge in [-0.2, -0.15) is 13.2 Å². The maximum atomic E-state index is 13.0. The second-order valence-corrected chi connectivity index (χ2v) is 7.27. The second-order valence-electron chi connectivity index (χ2n) is 7.27. The molecule has 2 rings (SSSR count). The number of carbonyl (C=O) groups is 2. The van der Waals surface area contributed by atoms with E-state index in [0.29, 0.717) is 5.75 Å². The monoisotopic (exact) mass is 388 g/mol. The molecule has 2 N–H and O–H groups in total. The van der Waals surface area contributed by atoms with Gasteiger partial charge in [-0.1, -0.05) is 26.0 Å². The third-order valence-electron chi connectivity index (χ3n) is 4.90. The highest BCUT2D eigenvalue weighted by Gasteiger charge is 2.53. The molecule has 27 heavy (non-hydrogen) atoms. The number of likely N-dealkylation sites (tertiary alicyclic amines) is 1. The van der Waals surface area contributed by atoms with Crippen molar-refractivity contribution in [1.82, 2.24) is 10.2 Å². The van der Waals surface area contributed by atoms with E-state index >= 15 is 0 Å². The normalized spacial score (nSPS) is 20.4. The summed E-state index contributed by atoms with van der Waals surface area (Å²) in [6.07, 6.45) is -4.67. The summed E-state index contributed by atoms with van der Waals surface area (Å²) < 4.78 is 44.2. The summed E-state index contributed by atoms with van der Waals surface area (Å²) in [5.74, 6) is -4.57. The van der Waals surface area contributed by atoms with Gasteiger partial charge in [0.1, 0.15) is 5.75 Å². The molecule has 0 unspecified atom stereocenters. The van der Waals surface area contributed by atoms with Crippen molar-refractivity contribution in [3.8, 4) is 5.75 Å². The average Bonchev–Trinajstić information content (AvgIpc) is 3.06. The molecule has 150 valence electrons. The predicted octanol–water partition coefficient (Wildman–Crippen LogP) is 2.88. The van der Waals surface area contributed by atoms with Crippen LogP contribution in [0.4, 0.5) is 18.0 Å². The van der Waals surface area contributed by atoms with Crippen molar-refractivity contribution in [2.75, 3.05) is 26.7 Å². The minimum atomic E-state index is -4.67. The molecule has 1 aliphatic rings. The minimum Gasteiger partial charge on any atom is -0.497 e. The Balaban J connectivity index is 2.01. The first-order valence-corrected chi connectivity index (χ1v) is 8.42. The Kier molecular flexibility index (Phi) is 5.91. The summed E-state index contributed by atoms with van der Waals surface area (Å²) in [6, 6.07) is 6.56. The number of carboxylic acid groups (broad SMARTS) is 1. The standard InChI is InChI=1S/C18H23F3N2O4/c1-17(2,11-4-6-12(27-3)7-5-11)10-22-16(26)23-8-13(15(24)25)14(9-23)18(19,20)21/h4-7,13-14H,8-10H2,1-3H3,(H,22,26)(H,24,25)/t13-,14-/m1/s1. The van der Waals surface area contributed by atoms with Crippen LogP contribution in [0.15, 0.2) is 24.3 Å². The van der Waals surface area contributed by atoms with Crippen LogP contribution in [0.5, 0.6) is 5.75 Å². The van der Waals surface area contributed by atoms with Crippen LogP contribution < -0.4 is 10.1 Å². The lowest BCUT2D eigenvalue weighted by molar-refractivity contribution is -0.187. The summed E-state index contributed by atoms with van der Waals surface area (Å²) in [6.45, 7) is 2.84. The van der Waals surface area contributed by atoms with E-state index in [2.05, 4.69) is 5.32 Å². The fourth-order valence-corrected chi connectivity index (χ4v) is 3.10. The lowest BCUT2D eigenvalue weighted by Crippen LogP contribution is -2.44. The molecule has 1 aromatic carbocycles. The van der Waals surface area contributed by atoms with E-state index in [4.69, 9.17) is 9.84 Å². The highest BCUT2D eigenvalue weighted by atomic mass is 19.4. The van der Waals surface area contributed by atoms with Crippen LogP contribution in [0.25, 0.3) is 0 Å². The fourth-order valence-electron chi connectivity index (χ4n) is 3.10. The number of urea groups is 1. The van der Waals surface area contributed by atoms with Gasteiger partial charge in [0.05, 0.1) is 18.9 Å². The predicted molar refractivity (Wildman–Crippen MR) is 91.7 cm³/mol. The molecule has 2 atom stereocenters. The molecule has 1 saturated heterocycles. The molecule has 6 nitrogen and oxygen atoms in total. The number of rotatable bonds is 5. The molecule has 0 saturated carbocycles. The maximum Gasteiger partial charge on any atom is 0.394 e. The van der Waals surface area contributed by atoms with Gasteiger partial charge in [-0.25, -0.2) is 4.79 Å². The quantitative estimate of drug-likeness (QED) is 0.813. The van der Waals surface area contributed by atoms with Gasteiger partial charge in [0.25, 0.3) is 0 Å². The zero-order valence-electron chi connectivity index (χ0n) is 15.3. The van der Waals surface area contributed by atoms with Crippen molar-refractivity contribution in [2.45, 2.75) is 25.4 Å². The second kappa shape index (κ2) is 7.66. The molecule has 0 bridgehead atoms. The Morgan fingerprint density at radius 1 is 1.22 bits per heavy atom. The van der Waals surface area contributed by atoms with Gasteiger partial charge in [0.15, 0.2) is 0 Å². The number of nitrogens with zero attached hydrogens (tertiary/aromatic N) is 1. The van der Waals surface area contributed by atoms with Crippen molar-refractivity contribution in [2.24, 2.45) is 11.8 Å². The number of halogens is 3. The molecule has 1 aromatic rings. The number of carboxylic acids is 1. The minimum absolute atomic E-state index is 0.184. The van der Waals surface area contributed by atoms with Crippen LogP contribution >= 0.6 is 0 Å². The largest absolute Gasteiger partial charge is 0.497 e. The number of amides is 2. The molecule has 0 aliphatic carbocycles. The van der Waals surface area contributed by atoms with E-state index in [1.807, 2.05) is 26.0 Å². The highest BCUT2D eigenvalue weighted by molar-refractivity contribution is 5.78. The number of benzene rings is 1. The van der Waals surface area contributed by atoms with Crippen molar-refractivity contribution in [1.29, 1.82) is 0 Å². The van der Waals surface area contributed by atoms with Crippen molar-refractivity contribution in [3.05, 3.63) is 29.8 Å². The summed E-state index contributed by atoms with van der Waals surface area (Å²) in [5.41, 5.74) is 0.443. The maximum absolute atomic E-state index is 13.0. The van der Waals surface area contributed by atoms with Crippen LogP contribution in [0, 0.1) is 11.8 Å². The van der Waals surface area contributed by atoms with Crippen molar-refractivity contribution < 1.29 is 32.6 Å². The van der Waals surface area contributed by atoms with Gasteiger partial charge < -0.3 is 20.1 Å². The molecule has 1 heterocycles. The highest BCUT2D eigenvalue weighted by Crippen LogP contribution is 2.37. The Labute approximate surface area is 155 Å². The first-order chi connectivity index (χ1) is 12.5. The lowest BCUT2D eigenvalue weighted by atomic mass is 9.84. The molecule has 1 fully saturated rings. The molecule has 9 heteroatoms. The summed E-state index contributed by atoms with van der Waals surface area (Å²) >= 11 is 0. The zero-order valence-corrected chi connectivity index (χ0v) is 15.3. The van der Waals surface area contributed by atoms with Crippen LogP contribution in [0.1, 0.15) is 19.4 Å². The Hall–Kier alpha value is -2.45. The van der Waals surface area contributed by atoms with E-state index in [9.17, 15) is 22.8 Å². The number of carbonyl (C=O) groups excluding carboxylic acids is 1. The Morgan fingerprint density at radius 3 is 2.26 bits per heavy atom. The number of hydrogen-bond acceptors (Lipinski definition) is 3. The topological polar surface area (TPSA) is 78.9 Å². The molecule has 0 spiro atoms. The SMILES string of the molecule is COc1ccc(C(C)(C)CNC(=O)N2C[C@@H](C(F)(F)F)[C@H](C(=O)O)C2)cc1. The lowest BCUT2D eigenvalue weighted by Gasteiger charge is -2.27. The van der Waals surface area contributed by atoms with Gasteiger partial charge >= 0.3 is 18.2 Å². The fraction of sp³-hybridized carbons (Fsp3) is 0.556. The number of aliphatic carboxylic acids is 1. The molecule has 0 aromatic heterocycles. The van der Waals surface area contributed by atoms with Gasteiger partial charge in [0.2, 0.25) is 0 Å². The summed E-state index contributed by atoms with van der Waals surface area (Å²) in [5, 5.41) is 11.6. The first-order valence-electron chi connectivity index (χ1n) is 8.42. The average molecular weight is 388 g/mol. The summed E-state index contributed by atoms with van der Waals surface area (Å²) in [7, 11) is 1.55. The molecular weight excluding hydrogens is 365 g/mol. The number of nitrogens with one attached hydrogen (secondary N) is 1. The first kappa shape index (κ1) is 20.9. The van der Waals surface area contributed by atoms with Crippen LogP contribution in [0.3, 0.4) is 0 Å². The van der Waals surface area contributed by atoms with E-state index in [1.165, 1.54) is 0 Å². The van der Waals surface area contributed by atoms with E-state index in [-0.39, 0.29) is 6.54 Å². The number of alkyl halides is 3. The van der Waals surface area contributed by atoms with Crippen LogP contribution in [0.2, 0.25) is 0 Å². The number of ether oxygens (including phenoxy) is 1. The van der Waals surface area contributed by atoms with Crippen LogP contribution in [-0.2, 0) is 10.2 Å². The summed E-state index contributed by atoms with van der Waals surface area (Å²) in [4.78, 5) is 24.3. The van der Waals surface area contributed by atoms with Gasteiger partial charge in [-0.05, 0) is 17.7 Å². The molecule has 1 aliphatic heterocycles. The zero-order chi connectivity index (χ0) is 20.4. The van der Waals surface area contributed by atoms with E-state index in [0.717, 1.165) is 10.5 Å².